The van der Waals surface area contributed by atoms with Gasteiger partial charge in [-0.3, -0.25) is 14.5 Å². The summed E-state index contributed by atoms with van der Waals surface area (Å²) < 4.78 is 31.8. The Hall–Kier alpha value is -3.01. The van der Waals surface area contributed by atoms with Crippen LogP contribution in [-0.2, 0) is 9.47 Å². The van der Waals surface area contributed by atoms with Gasteiger partial charge in [0.1, 0.15) is 18.2 Å². The highest BCUT2D eigenvalue weighted by Crippen LogP contribution is 2.28. The molecule has 0 radical (unpaired) electrons. The average molecular weight is 542 g/mol. The number of halogens is 1. The van der Waals surface area contributed by atoms with Gasteiger partial charge < -0.3 is 24.4 Å². The molecule has 2 aliphatic heterocycles. The van der Waals surface area contributed by atoms with Crippen molar-refractivity contribution in [3.8, 4) is 5.75 Å². The van der Waals surface area contributed by atoms with Gasteiger partial charge in [-0.2, -0.15) is 0 Å². The minimum absolute atomic E-state index is 0.0564. The van der Waals surface area contributed by atoms with Crippen molar-refractivity contribution < 1.29 is 28.2 Å². The van der Waals surface area contributed by atoms with Crippen LogP contribution in [0.5, 0.6) is 5.75 Å². The quantitative estimate of drug-likeness (QED) is 0.608. The maximum absolute atomic E-state index is 14.1. The fourth-order valence-electron chi connectivity index (χ4n) is 5.28. The summed E-state index contributed by atoms with van der Waals surface area (Å²) in [6.07, 6.45) is 1.95. The summed E-state index contributed by atoms with van der Waals surface area (Å²) in [5, 5.41) is 2.73. The van der Waals surface area contributed by atoms with Crippen LogP contribution >= 0.6 is 0 Å². The van der Waals surface area contributed by atoms with E-state index >= 15 is 0 Å². The number of amides is 2. The molecule has 212 valence electrons. The molecule has 1 N–H and O–H groups in total. The van der Waals surface area contributed by atoms with Crippen molar-refractivity contribution in [3.05, 3.63) is 59.4 Å². The second-order valence-electron chi connectivity index (χ2n) is 10.8. The van der Waals surface area contributed by atoms with Crippen molar-refractivity contribution in [3.63, 3.8) is 0 Å². The molecule has 0 bridgehead atoms. The molecule has 2 amide bonds. The molecule has 0 saturated carbocycles. The summed E-state index contributed by atoms with van der Waals surface area (Å²) in [6, 6.07) is 10.8. The maximum Gasteiger partial charge on any atom is 0.258 e. The van der Waals surface area contributed by atoms with Crippen LogP contribution in [0.4, 0.5) is 10.1 Å². The van der Waals surface area contributed by atoms with E-state index in [1.54, 1.807) is 43.3 Å². The monoisotopic (exact) mass is 541 g/mol. The van der Waals surface area contributed by atoms with Crippen LogP contribution in [0.25, 0.3) is 0 Å². The van der Waals surface area contributed by atoms with Gasteiger partial charge in [0.05, 0.1) is 17.2 Å². The van der Waals surface area contributed by atoms with Gasteiger partial charge in [-0.25, -0.2) is 4.39 Å². The number of fused-ring (bicyclic) bond motifs is 1. The third-order valence-corrected chi connectivity index (χ3v) is 7.79. The first-order valence-corrected chi connectivity index (χ1v) is 13.7. The first kappa shape index (κ1) is 29.0. The molecule has 2 aromatic carbocycles. The van der Waals surface area contributed by atoms with E-state index in [0.29, 0.717) is 36.1 Å². The summed E-state index contributed by atoms with van der Waals surface area (Å²) in [4.78, 5) is 30.3. The lowest BCUT2D eigenvalue weighted by Crippen LogP contribution is -2.48. The highest BCUT2D eigenvalue weighted by atomic mass is 19.1. The fourth-order valence-corrected chi connectivity index (χ4v) is 5.28. The molecule has 0 aromatic heterocycles. The van der Waals surface area contributed by atoms with Crippen molar-refractivity contribution in [2.45, 2.75) is 38.8 Å². The number of carbonyl (C=O) groups excluding carboxylic acids is 2. The number of anilines is 1. The zero-order valence-corrected chi connectivity index (χ0v) is 23.3. The van der Waals surface area contributed by atoms with Crippen molar-refractivity contribution >= 4 is 17.5 Å². The molecule has 1 saturated heterocycles. The first-order valence-electron chi connectivity index (χ1n) is 13.7. The van der Waals surface area contributed by atoms with E-state index in [1.165, 1.54) is 18.2 Å². The van der Waals surface area contributed by atoms with Crippen LogP contribution < -0.4 is 10.1 Å². The molecule has 8 nitrogen and oxygen atoms in total. The molecule has 2 aromatic rings. The summed E-state index contributed by atoms with van der Waals surface area (Å²) in [5.41, 5.74) is 0.756. The number of nitrogens with one attached hydrogen (secondary N) is 1. The third-order valence-electron chi connectivity index (χ3n) is 7.79. The lowest BCUT2D eigenvalue weighted by atomic mass is 9.96. The SMILES string of the molecule is CO[C@@H]1CN(C)C(=O)c2ccc(NC(=O)c3ccccc3F)cc2OC[C@@H](C)N(CC2CCOCC2)C[C@H]1C. The summed E-state index contributed by atoms with van der Waals surface area (Å²) >= 11 is 0. The number of benzene rings is 2. The zero-order chi connectivity index (χ0) is 27.9. The van der Waals surface area contributed by atoms with Gasteiger partial charge in [0.25, 0.3) is 11.8 Å². The summed E-state index contributed by atoms with van der Waals surface area (Å²) in [6.45, 7) is 8.44. The van der Waals surface area contributed by atoms with Gasteiger partial charge >= 0.3 is 0 Å². The number of hydrogen-bond acceptors (Lipinski definition) is 6. The zero-order valence-electron chi connectivity index (χ0n) is 23.3. The van der Waals surface area contributed by atoms with E-state index in [-0.39, 0.29) is 29.5 Å². The molecule has 2 aliphatic rings. The molecule has 0 aliphatic carbocycles. The van der Waals surface area contributed by atoms with E-state index in [1.807, 2.05) is 0 Å². The molecule has 9 heteroatoms. The Bertz CT molecular complexity index is 1140. The molecule has 1 fully saturated rings. The smallest absolute Gasteiger partial charge is 0.258 e. The first-order chi connectivity index (χ1) is 18.8. The fraction of sp³-hybridized carbons (Fsp3) is 0.533. The Morgan fingerprint density at radius 3 is 2.59 bits per heavy atom. The number of ether oxygens (including phenoxy) is 3. The highest BCUT2D eigenvalue weighted by Gasteiger charge is 2.30. The van der Waals surface area contributed by atoms with E-state index in [0.717, 1.165) is 39.1 Å². The normalized spacial score (nSPS) is 23.8. The van der Waals surface area contributed by atoms with Crippen molar-refractivity contribution in [1.82, 2.24) is 9.80 Å². The Kier molecular flexibility index (Phi) is 9.94. The highest BCUT2D eigenvalue weighted by molar-refractivity contribution is 6.05. The van der Waals surface area contributed by atoms with Gasteiger partial charge in [0.2, 0.25) is 0 Å². The molecule has 39 heavy (non-hydrogen) atoms. The lowest BCUT2D eigenvalue weighted by Gasteiger charge is -2.38. The lowest BCUT2D eigenvalue weighted by molar-refractivity contribution is 0.0000254. The summed E-state index contributed by atoms with van der Waals surface area (Å²) in [5.74, 6) is -0.245. The largest absolute Gasteiger partial charge is 0.491 e. The van der Waals surface area contributed by atoms with Crippen LogP contribution in [0.1, 0.15) is 47.4 Å². The average Bonchev–Trinajstić information content (AvgIpc) is 2.94. The number of carbonyl (C=O) groups is 2. The predicted octanol–water partition coefficient (Wildman–Crippen LogP) is 4.31. The van der Waals surface area contributed by atoms with E-state index in [9.17, 15) is 14.0 Å². The predicted molar refractivity (Wildman–Crippen MR) is 148 cm³/mol. The van der Waals surface area contributed by atoms with E-state index < -0.39 is 11.7 Å². The number of hydrogen-bond donors (Lipinski definition) is 1. The second-order valence-corrected chi connectivity index (χ2v) is 10.8. The van der Waals surface area contributed by atoms with Crippen LogP contribution in [0.3, 0.4) is 0 Å². The minimum atomic E-state index is -0.602. The molecule has 4 rings (SSSR count). The van der Waals surface area contributed by atoms with Gasteiger partial charge in [0.15, 0.2) is 0 Å². The van der Waals surface area contributed by atoms with Crippen LogP contribution in [0.2, 0.25) is 0 Å². The van der Waals surface area contributed by atoms with E-state index in [2.05, 4.69) is 24.1 Å². The Labute approximate surface area is 230 Å². The van der Waals surface area contributed by atoms with Gasteiger partial charge in [0, 0.05) is 64.8 Å². The second kappa shape index (κ2) is 13.4. The van der Waals surface area contributed by atoms with Crippen molar-refractivity contribution in [2.75, 3.05) is 58.9 Å². The number of nitrogens with zero attached hydrogens (tertiary/aromatic N) is 2. The number of rotatable bonds is 5. The molecule has 3 atom stereocenters. The maximum atomic E-state index is 14.1. The minimum Gasteiger partial charge on any atom is -0.491 e. The molecule has 0 unspecified atom stereocenters. The van der Waals surface area contributed by atoms with Gasteiger partial charge in [-0.1, -0.05) is 19.1 Å². The van der Waals surface area contributed by atoms with Crippen LogP contribution in [-0.4, -0.2) is 87.4 Å². The van der Waals surface area contributed by atoms with Gasteiger partial charge in [-0.05, 0) is 55.9 Å². The molecule has 0 spiro atoms. The standard InChI is InChI=1S/C30H40FN3O5/c1-20-16-34(17-22-11-13-38-14-12-22)21(2)19-39-27-15-23(32-29(35)24-7-5-6-8-26(24)31)9-10-25(27)30(36)33(3)18-28(20)37-4/h5-10,15,20-22,28H,11-14,16-19H2,1-4H3,(H,32,35)/t20-,21-,28-/m1/s1. The van der Waals surface area contributed by atoms with Crippen LogP contribution in [0.15, 0.2) is 42.5 Å². The van der Waals surface area contributed by atoms with Gasteiger partial charge in [-0.15, -0.1) is 0 Å². The third kappa shape index (κ3) is 7.35. The molecular formula is C30H40FN3O5. The van der Waals surface area contributed by atoms with Crippen LogP contribution in [0, 0.1) is 17.7 Å². The Morgan fingerprint density at radius 2 is 1.87 bits per heavy atom. The Morgan fingerprint density at radius 1 is 1.13 bits per heavy atom. The molecule has 2 heterocycles. The van der Waals surface area contributed by atoms with Crippen molar-refractivity contribution in [2.24, 2.45) is 11.8 Å². The van der Waals surface area contributed by atoms with E-state index in [4.69, 9.17) is 14.2 Å². The molecular weight excluding hydrogens is 501 g/mol. The Balaban J connectivity index is 1.60. The summed E-state index contributed by atoms with van der Waals surface area (Å²) in [7, 11) is 3.45. The van der Waals surface area contributed by atoms with Crippen molar-refractivity contribution in [1.29, 1.82) is 0 Å². The number of likely N-dealkylation sites (N-methyl/N-ethyl adjacent to an activating group) is 1. The topological polar surface area (TPSA) is 80.3 Å². The number of methoxy groups -OCH3 is 1.